The van der Waals surface area contributed by atoms with Gasteiger partial charge in [0.05, 0.1) is 19.9 Å². The fourth-order valence-corrected chi connectivity index (χ4v) is 5.45. The molecule has 14 heteroatoms. The summed E-state index contributed by atoms with van der Waals surface area (Å²) in [4.78, 5) is 28.8. The SMILES string of the molecule is COc1cc(Nc2nccc(N(C(=O)Oc3ccccc3OC(F)F)c3c(C)cccc3C)n2)cc(OCCN2CCN(C)CC2)c1OC. The largest absolute Gasteiger partial charge is 0.493 e. The summed E-state index contributed by atoms with van der Waals surface area (Å²) in [7, 11) is 5.19. The van der Waals surface area contributed by atoms with E-state index in [1.54, 1.807) is 31.4 Å². The number of piperazine rings is 1. The van der Waals surface area contributed by atoms with Crippen LogP contribution in [-0.2, 0) is 0 Å². The van der Waals surface area contributed by atoms with Crippen LogP contribution in [0.15, 0.2) is 66.9 Å². The van der Waals surface area contributed by atoms with Crippen molar-refractivity contribution in [2.45, 2.75) is 20.5 Å². The summed E-state index contributed by atoms with van der Waals surface area (Å²) >= 11 is 0. The van der Waals surface area contributed by atoms with Gasteiger partial charge in [-0.25, -0.2) is 14.7 Å². The van der Waals surface area contributed by atoms with E-state index in [0.717, 1.165) is 43.9 Å². The molecule has 1 amide bonds. The topological polar surface area (TPSA) is 111 Å². The molecule has 0 bridgehead atoms. The molecule has 1 aliphatic heterocycles. The number of aryl methyl sites for hydroxylation is 2. The zero-order chi connectivity index (χ0) is 34.9. The van der Waals surface area contributed by atoms with Gasteiger partial charge < -0.3 is 33.9 Å². The molecule has 4 aromatic rings. The van der Waals surface area contributed by atoms with Crippen molar-refractivity contribution in [3.63, 3.8) is 0 Å². The Balaban J connectivity index is 1.43. The molecule has 1 aromatic heterocycles. The van der Waals surface area contributed by atoms with Crippen LogP contribution in [0, 0.1) is 13.8 Å². The van der Waals surface area contributed by atoms with Crippen LogP contribution in [0.4, 0.5) is 36.7 Å². The van der Waals surface area contributed by atoms with Crippen molar-refractivity contribution in [1.29, 1.82) is 0 Å². The molecule has 0 radical (unpaired) electrons. The van der Waals surface area contributed by atoms with Crippen molar-refractivity contribution in [2.75, 3.05) is 70.8 Å². The molecule has 1 N–H and O–H groups in total. The van der Waals surface area contributed by atoms with Gasteiger partial charge in [-0.2, -0.15) is 13.8 Å². The number of carbonyl (C=O) groups excluding carboxylic acids is 1. The number of anilines is 4. The van der Waals surface area contributed by atoms with Gasteiger partial charge in [-0.1, -0.05) is 30.3 Å². The third kappa shape index (κ3) is 8.83. The van der Waals surface area contributed by atoms with Crippen molar-refractivity contribution < 1.29 is 37.3 Å². The van der Waals surface area contributed by atoms with Gasteiger partial charge in [-0.15, -0.1) is 0 Å². The molecule has 0 unspecified atom stereocenters. The molecule has 12 nitrogen and oxygen atoms in total. The minimum atomic E-state index is -3.11. The summed E-state index contributed by atoms with van der Waals surface area (Å²) in [5.74, 6) is 1.20. The fourth-order valence-electron chi connectivity index (χ4n) is 5.45. The maximum atomic E-state index is 13.9. The summed E-state index contributed by atoms with van der Waals surface area (Å²) in [5.41, 5.74) is 2.55. The summed E-state index contributed by atoms with van der Waals surface area (Å²) in [5, 5.41) is 3.17. The number of rotatable bonds is 13. The number of para-hydroxylation sites is 3. The van der Waals surface area contributed by atoms with Crippen LogP contribution in [0.3, 0.4) is 0 Å². The molecular formula is C35H40F2N6O6. The van der Waals surface area contributed by atoms with Gasteiger partial charge in [0.2, 0.25) is 11.7 Å². The van der Waals surface area contributed by atoms with E-state index >= 15 is 0 Å². The Morgan fingerprint density at radius 1 is 0.918 bits per heavy atom. The number of carbonyl (C=O) groups is 1. The molecule has 2 heterocycles. The lowest BCUT2D eigenvalue weighted by Crippen LogP contribution is -2.45. The number of methoxy groups -OCH3 is 2. The Kier molecular flexibility index (Phi) is 11.7. The van der Waals surface area contributed by atoms with E-state index in [0.29, 0.717) is 35.2 Å². The maximum Gasteiger partial charge on any atom is 0.425 e. The molecule has 3 aromatic carbocycles. The first kappa shape index (κ1) is 35.1. The minimum absolute atomic E-state index is 0.151. The Hall–Kier alpha value is -5.21. The van der Waals surface area contributed by atoms with Crippen molar-refractivity contribution in [2.24, 2.45) is 0 Å². The molecule has 1 aliphatic rings. The molecular weight excluding hydrogens is 638 g/mol. The Labute approximate surface area is 284 Å². The highest BCUT2D eigenvalue weighted by atomic mass is 19.3. The summed E-state index contributed by atoms with van der Waals surface area (Å²) in [6, 6.07) is 16.3. The number of benzene rings is 3. The zero-order valence-electron chi connectivity index (χ0n) is 28.1. The average Bonchev–Trinajstić information content (AvgIpc) is 3.08. The molecule has 1 fully saturated rings. The fraction of sp³-hybridized carbons (Fsp3) is 0.343. The lowest BCUT2D eigenvalue weighted by Gasteiger charge is -2.32. The Morgan fingerprint density at radius 3 is 2.29 bits per heavy atom. The van der Waals surface area contributed by atoms with Gasteiger partial charge in [-0.05, 0) is 44.2 Å². The van der Waals surface area contributed by atoms with E-state index in [9.17, 15) is 13.6 Å². The smallest absolute Gasteiger partial charge is 0.425 e. The van der Waals surface area contributed by atoms with E-state index in [-0.39, 0.29) is 23.3 Å². The van der Waals surface area contributed by atoms with Crippen LogP contribution in [-0.4, -0.2) is 93.1 Å². The summed E-state index contributed by atoms with van der Waals surface area (Å²) < 4.78 is 53.8. The number of aromatic nitrogens is 2. The standard InChI is InChI=1S/C35H40F2N6O6/c1-23-9-8-10-24(2)31(23)43(35(44)49-27-12-7-6-11-26(27)48-33(36)37)30-13-14-38-34(40-30)39-25-21-28(45-4)32(46-5)29(22-25)47-20-19-42-17-15-41(3)16-18-42/h6-14,21-22,33H,15-20H2,1-5H3,(H,38,39,40). The predicted octanol–water partition coefficient (Wildman–Crippen LogP) is 6.42. The Bertz CT molecular complexity index is 1720. The second kappa shape index (κ2) is 16.3. The third-order valence-corrected chi connectivity index (χ3v) is 7.94. The molecule has 0 spiro atoms. The lowest BCUT2D eigenvalue weighted by molar-refractivity contribution is -0.0510. The van der Waals surface area contributed by atoms with Crippen LogP contribution in [0.2, 0.25) is 0 Å². The van der Waals surface area contributed by atoms with Gasteiger partial charge in [0.15, 0.2) is 23.0 Å². The first-order valence-corrected chi connectivity index (χ1v) is 15.7. The number of hydrogen-bond donors (Lipinski definition) is 1. The highest BCUT2D eigenvalue weighted by Gasteiger charge is 2.27. The first-order valence-electron chi connectivity index (χ1n) is 15.7. The minimum Gasteiger partial charge on any atom is -0.493 e. The number of nitrogens with one attached hydrogen (secondary N) is 1. The molecule has 5 rings (SSSR count). The quantitative estimate of drug-likeness (QED) is 0.169. The molecule has 0 saturated carbocycles. The van der Waals surface area contributed by atoms with Crippen LogP contribution in [0.25, 0.3) is 0 Å². The third-order valence-electron chi connectivity index (χ3n) is 7.94. The van der Waals surface area contributed by atoms with E-state index in [4.69, 9.17) is 18.9 Å². The van der Waals surface area contributed by atoms with Crippen LogP contribution in [0.5, 0.6) is 28.7 Å². The highest BCUT2D eigenvalue weighted by Crippen LogP contribution is 2.41. The number of hydrogen-bond acceptors (Lipinski definition) is 11. The van der Waals surface area contributed by atoms with E-state index in [2.05, 4.69) is 36.9 Å². The lowest BCUT2D eigenvalue weighted by atomic mass is 10.1. The van der Waals surface area contributed by atoms with E-state index < -0.39 is 12.7 Å². The second-order valence-electron chi connectivity index (χ2n) is 11.3. The maximum absolute atomic E-state index is 13.9. The van der Waals surface area contributed by atoms with Crippen LogP contribution < -0.4 is 33.9 Å². The van der Waals surface area contributed by atoms with E-state index in [1.807, 2.05) is 32.0 Å². The average molecular weight is 679 g/mol. The first-order chi connectivity index (χ1) is 23.7. The number of ether oxygens (including phenoxy) is 5. The monoisotopic (exact) mass is 678 g/mol. The Morgan fingerprint density at radius 2 is 1.61 bits per heavy atom. The van der Waals surface area contributed by atoms with Crippen molar-refractivity contribution >= 4 is 29.2 Å². The highest BCUT2D eigenvalue weighted by molar-refractivity contribution is 5.98. The van der Waals surface area contributed by atoms with Crippen molar-refractivity contribution in [1.82, 2.24) is 19.8 Å². The zero-order valence-corrected chi connectivity index (χ0v) is 28.1. The number of alkyl halides is 2. The van der Waals surface area contributed by atoms with Crippen LogP contribution in [0.1, 0.15) is 11.1 Å². The number of halogens is 2. The van der Waals surface area contributed by atoms with Gasteiger partial charge in [0, 0.05) is 62.8 Å². The van der Waals surface area contributed by atoms with Crippen molar-refractivity contribution in [3.05, 3.63) is 78.0 Å². The normalized spacial score (nSPS) is 13.6. The van der Waals surface area contributed by atoms with Crippen LogP contribution >= 0.6 is 0 Å². The number of nitrogens with zero attached hydrogens (tertiary/aromatic N) is 5. The molecule has 0 aliphatic carbocycles. The molecule has 260 valence electrons. The second-order valence-corrected chi connectivity index (χ2v) is 11.3. The van der Waals surface area contributed by atoms with Gasteiger partial charge in [-0.3, -0.25) is 4.90 Å². The number of likely N-dealkylation sites (N-methyl/N-ethyl adjacent to an activating group) is 1. The number of amides is 1. The molecule has 0 atom stereocenters. The van der Waals surface area contributed by atoms with Gasteiger partial charge in [0.1, 0.15) is 12.4 Å². The van der Waals surface area contributed by atoms with Crippen molar-refractivity contribution in [3.8, 4) is 28.7 Å². The summed E-state index contributed by atoms with van der Waals surface area (Å²) in [6.45, 7) is 5.73. The molecule has 1 saturated heterocycles. The summed E-state index contributed by atoms with van der Waals surface area (Å²) in [6.07, 6.45) is 0.593. The predicted molar refractivity (Wildman–Crippen MR) is 181 cm³/mol. The van der Waals surface area contributed by atoms with E-state index in [1.165, 1.54) is 36.4 Å². The van der Waals surface area contributed by atoms with Gasteiger partial charge >= 0.3 is 12.7 Å². The van der Waals surface area contributed by atoms with Gasteiger partial charge in [0.25, 0.3) is 0 Å². The molecule has 49 heavy (non-hydrogen) atoms.